The molecule has 32 heavy (non-hydrogen) atoms. The molecule has 2 aromatic rings. The molecule has 1 amide bonds. The van der Waals surface area contributed by atoms with E-state index < -0.39 is 10.0 Å². The third kappa shape index (κ3) is 5.47. The summed E-state index contributed by atoms with van der Waals surface area (Å²) in [7, 11) is -1.89. The number of rotatable bonds is 8. The Balaban J connectivity index is 1.61. The minimum atomic E-state index is -3.54. The van der Waals surface area contributed by atoms with Crippen molar-refractivity contribution < 1.29 is 17.9 Å². The molecule has 1 fully saturated rings. The van der Waals surface area contributed by atoms with Gasteiger partial charge >= 0.3 is 0 Å². The van der Waals surface area contributed by atoms with E-state index in [1.165, 1.54) is 4.31 Å². The Labute approximate surface area is 195 Å². The Morgan fingerprint density at radius 1 is 1.19 bits per heavy atom. The van der Waals surface area contributed by atoms with Crippen molar-refractivity contribution >= 4 is 27.7 Å². The van der Waals surface area contributed by atoms with Crippen LogP contribution in [0.25, 0.3) is 0 Å². The topological polar surface area (TPSA) is 75.7 Å². The van der Waals surface area contributed by atoms with Crippen molar-refractivity contribution in [2.75, 3.05) is 26.5 Å². The molecule has 1 saturated heterocycles. The molecule has 0 bridgehead atoms. The second-order valence-corrected chi connectivity index (χ2v) is 10.9. The lowest BCUT2D eigenvalue weighted by Crippen LogP contribution is -2.43. The third-order valence-corrected chi connectivity index (χ3v) is 8.72. The zero-order valence-corrected chi connectivity index (χ0v) is 20.8. The molecule has 1 heterocycles. The quantitative estimate of drug-likeness (QED) is 0.572. The van der Waals surface area contributed by atoms with Crippen LogP contribution in [0.1, 0.15) is 43.4 Å². The van der Waals surface area contributed by atoms with Crippen LogP contribution in [-0.2, 0) is 14.8 Å². The van der Waals surface area contributed by atoms with E-state index in [9.17, 15) is 13.2 Å². The van der Waals surface area contributed by atoms with Gasteiger partial charge in [0, 0.05) is 23.9 Å². The first-order chi connectivity index (χ1) is 15.3. The number of methoxy groups -OCH3 is 1. The first kappa shape index (κ1) is 24.6. The van der Waals surface area contributed by atoms with Crippen LogP contribution in [0.2, 0.25) is 0 Å². The van der Waals surface area contributed by atoms with E-state index in [-0.39, 0.29) is 17.9 Å². The molecule has 0 aliphatic carbocycles. The van der Waals surface area contributed by atoms with E-state index in [1.54, 1.807) is 31.0 Å². The lowest BCUT2D eigenvalue weighted by molar-refractivity contribution is -0.126. The average Bonchev–Trinajstić information content (AvgIpc) is 2.82. The number of nitrogens with one attached hydrogen (secondary N) is 1. The van der Waals surface area contributed by atoms with Crippen LogP contribution in [0, 0.1) is 12.8 Å². The number of hydrogen-bond acceptors (Lipinski definition) is 5. The minimum Gasteiger partial charge on any atom is -0.496 e. The predicted molar refractivity (Wildman–Crippen MR) is 129 cm³/mol. The van der Waals surface area contributed by atoms with Crippen LogP contribution >= 0.6 is 11.8 Å². The number of sulfonamides is 1. The largest absolute Gasteiger partial charge is 0.496 e. The molecule has 0 saturated carbocycles. The van der Waals surface area contributed by atoms with Gasteiger partial charge < -0.3 is 10.1 Å². The number of aryl methyl sites for hydroxylation is 1. The molecule has 1 aliphatic heterocycles. The molecule has 6 nitrogen and oxygen atoms in total. The van der Waals surface area contributed by atoms with E-state index in [2.05, 4.69) is 5.32 Å². The number of carbonyl (C=O) groups is 1. The van der Waals surface area contributed by atoms with Crippen LogP contribution in [0.4, 0.5) is 0 Å². The van der Waals surface area contributed by atoms with Crippen molar-refractivity contribution in [3.8, 4) is 5.75 Å². The summed E-state index contributed by atoms with van der Waals surface area (Å²) in [5.74, 6) is 0.631. The number of ether oxygens (including phenoxy) is 1. The molecule has 174 valence electrons. The van der Waals surface area contributed by atoms with Crippen molar-refractivity contribution in [3.63, 3.8) is 0 Å². The highest BCUT2D eigenvalue weighted by molar-refractivity contribution is 7.98. The third-order valence-electron chi connectivity index (χ3n) is 6.07. The van der Waals surface area contributed by atoms with Gasteiger partial charge in [-0.05, 0) is 73.9 Å². The molecule has 0 aromatic heterocycles. The van der Waals surface area contributed by atoms with E-state index in [1.807, 2.05) is 50.4 Å². The van der Waals surface area contributed by atoms with E-state index in [0.717, 1.165) is 28.2 Å². The fourth-order valence-corrected chi connectivity index (χ4v) is 5.96. The highest BCUT2D eigenvalue weighted by Gasteiger charge is 2.32. The van der Waals surface area contributed by atoms with Gasteiger partial charge in [0.05, 0.1) is 18.0 Å². The number of benzene rings is 2. The van der Waals surface area contributed by atoms with Gasteiger partial charge in [-0.15, -0.1) is 11.8 Å². The normalized spacial score (nSPS) is 16.5. The number of nitrogens with zero attached hydrogens (tertiary/aromatic N) is 1. The minimum absolute atomic E-state index is 0.00769. The Morgan fingerprint density at radius 2 is 1.84 bits per heavy atom. The Bertz CT molecular complexity index is 1030. The number of thioether (sulfide) groups is 1. The average molecular weight is 477 g/mol. The summed E-state index contributed by atoms with van der Waals surface area (Å²) >= 11 is 1.58. The summed E-state index contributed by atoms with van der Waals surface area (Å²) in [6.45, 7) is 4.73. The number of amides is 1. The number of piperidine rings is 1. The van der Waals surface area contributed by atoms with Crippen LogP contribution < -0.4 is 10.1 Å². The van der Waals surface area contributed by atoms with Gasteiger partial charge in [-0.3, -0.25) is 4.79 Å². The Morgan fingerprint density at radius 3 is 2.38 bits per heavy atom. The smallest absolute Gasteiger partial charge is 0.243 e. The molecule has 1 aliphatic rings. The Kier molecular flexibility index (Phi) is 8.25. The number of hydrogen-bond donors (Lipinski definition) is 1. The van der Waals surface area contributed by atoms with Gasteiger partial charge in [-0.1, -0.05) is 19.1 Å². The fourth-order valence-electron chi connectivity index (χ4n) is 4.08. The summed E-state index contributed by atoms with van der Waals surface area (Å²) in [5.41, 5.74) is 2.08. The van der Waals surface area contributed by atoms with Crippen LogP contribution in [0.5, 0.6) is 5.75 Å². The molecule has 0 unspecified atom stereocenters. The molecule has 1 atom stereocenters. The molecule has 3 rings (SSSR count). The molecule has 1 N–H and O–H groups in total. The van der Waals surface area contributed by atoms with E-state index >= 15 is 0 Å². The summed E-state index contributed by atoms with van der Waals surface area (Å²) in [6, 6.07) is 12.8. The highest BCUT2D eigenvalue weighted by Crippen LogP contribution is 2.28. The molecular weight excluding hydrogens is 444 g/mol. The van der Waals surface area contributed by atoms with Crippen LogP contribution in [-0.4, -0.2) is 45.1 Å². The maximum Gasteiger partial charge on any atom is 0.243 e. The fraction of sp³-hybridized carbons (Fsp3) is 0.458. The molecule has 2 aromatic carbocycles. The van der Waals surface area contributed by atoms with Crippen molar-refractivity contribution in [2.24, 2.45) is 5.92 Å². The lowest BCUT2D eigenvalue weighted by atomic mass is 9.95. The maximum atomic E-state index is 13.0. The second kappa shape index (κ2) is 10.7. The van der Waals surface area contributed by atoms with Crippen molar-refractivity contribution in [1.82, 2.24) is 9.62 Å². The van der Waals surface area contributed by atoms with Gasteiger partial charge in [-0.2, -0.15) is 4.31 Å². The summed E-state index contributed by atoms with van der Waals surface area (Å²) in [4.78, 5) is 14.3. The molecule has 0 spiro atoms. The standard InChI is InChI=1S/C24H32N2O4S2/c1-5-22(19-6-11-23(30-3)17(2)16-19)25-24(27)18-12-14-26(15-13-18)32(28,29)21-9-7-20(31-4)8-10-21/h6-11,16,18,22H,5,12-15H2,1-4H3,(H,25,27)/t22-/m0/s1. The Hall–Kier alpha value is -2.03. The lowest BCUT2D eigenvalue weighted by Gasteiger charge is -2.31. The van der Waals surface area contributed by atoms with Gasteiger partial charge in [0.1, 0.15) is 5.75 Å². The summed E-state index contributed by atoms with van der Waals surface area (Å²) in [6.07, 6.45) is 3.77. The monoisotopic (exact) mass is 476 g/mol. The highest BCUT2D eigenvalue weighted by atomic mass is 32.2. The zero-order valence-electron chi connectivity index (χ0n) is 19.1. The maximum absolute atomic E-state index is 13.0. The first-order valence-corrected chi connectivity index (χ1v) is 13.6. The van der Waals surface area contributed by atoms with Gasteiger partial charge in [-0.25, -0.2) is 8.42 Å². The zero-order chi connectivity index (χ0) is 23.3. The first-order valence-electron chi connectivity index (χ1n) is 10.9. The molecule has 0 radical (unpaired) electrons. The van der Waals surface area contributed by atoms with Crippen molar-refractivity contribution in [2.45, 2.75) is 48.9 Å². The summed E-state index contributed by atoms with van der Waals surface area (Å²) in [5, 5.41) is 3.17. The number of carbonyl (C=O) groups excluding carboxylic acids is 1. The predicted octanol–water partition coefficient (Wildman–Crippen LogP) is 4.39. The second-order valence-electron chi connectivity index (χ2n) is 8.05. The molecular formula is C24H32N2O4S2. The van der Waals surface area contributed by atoms with Gasteiger partial charge in [0.25, 0.3) is 0 Å². The SMILES string of the molecule is CC[C@H](NC(=O)C1CCN(S(=O)(=O)c2ccc(SC)cc2)CC1)c1ccc(OC)c(C)c1. The van der Waals surface area contributed by atoms with Crippen molar-refractivity contribution in [3.05, 3.63) is 53.6 Å². The molecule has 8 heteroatoms. The van der Waals surface area contributed by atoms with Crippen LogP contribution in [0.3, 0.4) is 0 Å². The van der Waals surface area contributed by atoms with E-state index in [0.29, 0.717) is 30.8 Å². The van der Waals surface area contributed by atoms with E-state index in [4.69, 9.17) is 4.74 Å². The van der Waals surface area contributed by atoms with Gasteiger partial charge in [0.2, 0.25) is 15.9 Å². The van der Waals surface area contributed by atoms with Gasteiger partial charge in [0.15, 0.2) is 0 Å². The van der Waals surface area contributed by atoms with Crippen LogP contribution in [0.15, 0.2) is 52.3 Å². The van der Waals surface area contributed by atoms with Crippen molar-refractivity contribution in [1.29, 1.82) is 0 Å². The summed E-state index contributed by atoms with van der Waals surface area (Å²) < 4.78 is 32.8.